The number of carbonyl (C=O) groups excluding carboxylic acids is 2. The number of rotatable bonds is 6. The summed E-state index contributed by atoms with van der Waals surface area (Å²) in [5.74, 6) is -0.507. The highest BCUT2D eigenvalue weighted by Gasteiger charge is 2.09. The number of amides is 2. The van der Waals surface area contributed by atoms with Crippen LogP contribution in [0, 0.1) is 13.8 Å². The van der Waals surface area contributed by atoms with Crippen molar-refractivity contribution in [3.63, 3.8) is 0 Å². The Hall–Kier alpha value is -3.09. The summed E-state index contributed by atoms with van der Waals surface area (Å²) in [6.07, 6.45) is 3.84. The highest BCUT2D eigenvalue weighted by molar-refractivity contribution is 5.83. The Balaban J connectivity index is 1.40. The van der Waals surface area contributed by atoms with Crippen molar-refractivity contribution in [3.05, 3.63) is 53.5 Å². The Morgan fingerprint density at radius 2 is 1.92 bits per heavy atom. The van der Waals surface area contributed by atoms with Crippen molar-refractivity contribution in [1.29, 1.82) is 0 Å². The fourth-order valence-corrected chi connectivity index (χ4v) is 2.99. The van der Waals surface area contributed by atoms with Crippen molar-refractivity contribution in [2.45, 2.75) is 39.7 Å². The number of nitrogens with zero attached hydrogens (tertiary/aromatic N) is 2. The largest absolute Gasteiger partial charge is 0.361 e. The molecule has 3 rings (SSSR count). The van der Waals surface area contributed by atoms with Gasteiger partial charge in [-0.1, -0.05) is 18.2 Å². The molecule has 0 aliphatic heterocycles. The first-order valence-electron chi connectivity index (χ1n) is 8.66. The molecule has 0 fully saturated rings. The van der Waals surface area contributed by atoms with Gasteiger partial charge in [0.2, 0.25) is 5.91 Å². The van der Waals surface area contributed by atoms with Crippen LogP contribution in [0.4, 0.5) is 0 Å². The molecule has 7 nitrogen and oxygen atoms in total. The van der Waals surface area contributed by atoms with Crippen molar-refractivity contribution in [2.24, 2.45) is 0 Å². The molecule has 2 amide bonds. The molecule has 0 saturated carbocycles. The van der Waals surface area contributed by atoms with E-state index in [1.54, 1.807) is 4.68 Å². The van der Waals surface area contributed by atoms with Gasteiger partial charge in [0.25, 0.3) is 5.91 Å². The molecule has 0 saturated heterocycles. The first-order valence-corrected chi connectivity index (χ1v) is 8.66. The number of benzene rings is 1. The molecule has 26 heavy (non-hydrogen) atoms. The second-order valence-electron chi connectivity index (χ2n) is 6.39. The minimum Gasteiger partial charge on any atom is -0.361 e. The molecule has 0 radical (unpaired) electrons. The normalized spacial score (nSPS) is 10.8. The maximum Gasteiger partial charge on any atom is 0.260 e. The van der Waals surface area contributed by atoms with Crippen molar-refractivity contribution in [3.8, 4) is 0 Å². The summed E-state index contributed by atoms with van der Waals surface area (Å²) in [7, 11) is 0. The number of aromatic nitrogens is 3. The smallest absolute Gasteiger partial charge is 0.260 e. The van der Waals surface area contributed by atoms with Crippen LogP contribution in [-0.4, -0.2) is 26.6 Å². The maximum absolute atomic E-state index is 11.9. The Kier molecular flexibility index (Phi) is 5.36. The van der Waals surface area contributed by atoms with Crippen LogP contribution in [0.15, 0.2) is 36.5 Å². The first kappa shape index (κ1) is 17.7. The highest BCUT2D eigenvalue weighted by Crippen LogP contribution is 2.19. The second-order valence-corrected chi connectivity index (χ2v) is 6.39. The molecule has 0 unspecified atom stereocenters. The van der Waals surface area contributed by atoms with Gasteiger partial charge in [0.1, 0.15) is 6.54 Å². The van der Waals surface area contributed by atoms with Crippen LogP contribution in [0.3, 0.4) is 0 Å². The lowest BCUT2D eigenvalue weighted by atomic mass is 10.1. The van der Waals surface area contributed by atoms with Gasteiger partial charge in [-0.2, -0.15) is 5.10 Å². The van der Waals surface area contributed by atoms with Gasteiger partial charge in [0, 0.05) is 29.2 Å². The third-order valence-corrected chi connectivity index (χ3v) is 4.26. The fourth-order valence-electron chi connectivity index (χ4n) is 2.99. The average molecular weight is 353 g/mol. The number of fused-ring (bicyclic) bond motifs is 1. The fraction of sp³-hybridized carbons (Fsp3) is 0.316. The van der Waals surface area contributed by atoms with Crippen LogP contribution < -0.4 is 10.9 Å². The van der Waals surface area contributed by atoms with Gasteiger partial charge in [-0.05, 0) is 44.4 Å². The number of hydrazine groups is 1. The molecule has 3 N–H and O–H groups in total. The first-order chi connectivity index (χ1) is 12.5. The lowest BCUT2D eigenvalue weighted by Crippen LogP contribution is -2.43. The molecule has 2 aromatic heterocycles. The lowest BCUT2D eigenvalue weighted by Gasteiger charge is -2.08. The number of carbonyl (C=O) groups is 2. The Morgan fingerprint density at radius 1 is 1.15 bits per heavy atom. The third-order valence-electron chi connectivity index (χ3n) is 4.26. The molecular weight excluding hydrogens is 330 g/mol. The summed E-state index contributed by atoms with van der Waals surface area (Å²) < 4.78 is 1.60. The van der Waals surface area contributed by atoms with Crippen LogP contribution in [0.1, 0.15) is 29.8 Å². The van der Waals surface area contributed by atoms with E-state index in [4.69, 9.17) is 0 Å². The molecule has 7 heteroatoms. The summed E-state index contributed by atoms with van der Waals surface area (Å²) in [5, 5.41) is 5.41. The number of nitrogens with one attached hydrogen (secondary N) is 3. The number of hydrogen-bond acceptors (Lipinski definition) is 3. The molecule has 1 aromatic carbocycles. The second kappa shape index (κ2) is 7.86. The van der Waals surface area contributed by atoms with Crippen LogP contribution in [0.25, 0.3) is 10.9 Å². The zero-order valence-electron chi connectivity index (χ0n) is 15.0. The predicted octanol–water partition coefficient (Wildman–Crippen LogP) is 2.15. The summed E-state index contributed by atoms with van der Waals surface area (Å²) >= 11 is 0. The van der Waals surface area contributed by atoms with E-state index in [0.29, 0.717) is 12.8 Å². The summed E-state index contributed by atoms with van der Waals surface area (Å²) in [6, 6.07) is 10.00. The molecule has 0 bridgehead atoms. The molecule has 0 aliphatic carbocycles. The Bertz CT molecular complexity index is 925. The van der Waals surface area contributed by atoms with Gasteiger partial charge in [-0.25, -0.2) is 0 Å². The lowest BCUT2D eigenvalue weighted by molar-refractivity contribution is -0.129. The molecule has 0 spiro atoms. The van der Waals surface area contributed by atoms with Gasteiger partial charge >= 0.3 is 0 Å². The van der Waals surface area contributed by atoms with Crippen LogP contribution >= 0.6 is 0 Å². The molecule has 2 heterocycles. The Morgan fingerprint density at radius 3 is 2.69 bits per heavy atom. The zero-order chi connectivity index (χ0) is 18.5. The van der Waals surface area contributed by atoms with E-state index in [9.17, 15) is 9.59 Å². The number of hydrogen-bond donors (Lipinski definition) is 3. The molecule has 3 aromatic rings. The topological polar surface area (TPSA) is 91.8 Å². The highest BCUT2D eigenvalue weighted by atomic mass is 16.2. The SMILES string of the molecule is Cc1cc(C)n(CC(=O)NNC(=O)CCCc2c[nH]c3ccccc23)n1. The van der Waals surface area contributed by atoms with E-state index in [1.165, 1.54) is 10.9 Å². The summed E-state index contributed by atoms with van der Waals surface area (Å²) in [4.78, 5) is 27.0. The summed E-state index contributed by atoms with van der Waals surface area (Å²) in [6.45, 7) is 3.84. The summed E-state index contributed by atoms with van der Waals surface area (Å²) in [5.41, 5.74) is 8.95. The van der Waals surface area contributed by atoms with Gasteiger partial charge in [0.15, 0.2) is 0 Å². The number of aromatic amines is 1. The quantitative estimate of drug-likeness (QED) is 0.593. The third kappa shape index (κ3) is 4.30. The molecule has 0 aliphatic rings. The van der Waals surface area contributed by atoms with Crippen molar-refractivity contribution >= 4 is 22.7 Å². The van der Waals surface area contributed by atoms with Gasteiger partial charge in [-0.15, -0.1) is 0 Å². The zero-order valence-corrected chi connectivity index (χ0v) is 15.0. The molecular formula is C19H23N5O2. The number of H-pyrrole nitrogens is 1. The van der Waals surface area contributed by atoms with E-state index in [-0.39, 0.29) is 18.4 Å². The van der Waals surface area contributed by atoms with E-state index < -0.39 is 0 Å². The van der Waals surface area contributed by atoms with E-state index in [2.05, 4.69) is 27.0 Å². The van der Waals surface area contributed by atoms with Crippen LogP contribution in [0.5, 0.6) is 0 Å². The van der Waals surface area contributed by atoms with Crippen LogP contribution in [0.2, 0.25) is 0 Å². The monoisotopic (exact) mass is 353 g/mol. The Labute approximate surface area is 151 Å². The van der Waals surface area contributed by atoms with Gasteiger partial charge < -0.3 is 4.98 Å². The van der Waals surface area contributed by atoms with Crippen molar-refractivity contribution in [1.82, 2.24) is 25.6 Å². The minimum absolute atomic E-state index is 0.0787. The molecule has 136 valence electrons. The molecule has 0 atom stereocenters. The van der Waals surface area contributed by atoms with Crippen molar-refractivity contribution in [2.75, 3.05) is 0 Å². The van der Waals surface area contributed by atoms with Crippen molar-refractivity contribution < 1.29 is 9.59 Å². The van der Waals surface area contributed by atoms with E-state index >= 15 is 0 Å². The van der Waals surface area contributed by atoms with Gasteiger partial charge in [-0.3, -0.25) is 25.1 Å². The number of para-hydroxylation sites is 1. The van der Waals surface area contributed by atoms with Gasteiger partial charge in [0.05, 0.1) is 5.69 Å². The number of aryl methyl sites for hydroxylation is 3. The maximum atomic E-state index is 11.9. The van der Waals surface area contributed by atoms with E-state index in [1.807, 2.05) is 44.3 Å². The van der Waals surface area contributed by atoms with E-state index in [0.717, 1.165) is 23.3 Å². The standard InChI is InChI=1S/C19H23N5O2/c1-13-10-14(2)24(23-13)12-19(26)22-21-18(25)9-5-6-15-11-20-17-8-4-3-7-16(15)17/h3-4,7-8,10-11,20H,5-6,9,12H2,1-2H3,(H,21,25)(H,22,26). The average Bonchev–Trinajstić information content (AvgIpc) is 3.16. The van der Waals surface area contributed by atoms with Crippen LogP contribution in [-0.2, 0) is 22.6 Å². The predicted molar refractivity (Wildman–Crippen MR) is 99.2 cm³/mol. The minimum atomic E-state index is -0.304.